The van der Waals surface area contributed by atoms with Crippen molar-refractivity contribution in [1.82, 2.24) is 5.32 Å². The van der Waals surface area contributed by atoms with Crippen LogP contribution in [0.25, 0.3) is 0 Å². The minimum Gasteiger partial charge on any atom is -0.480 e. The van der Waals surface area contributed by atoms with Gasteiger partial charge in [-0.3, -0.25) is 4.79 Å². The van der Waals surface area contributed by atoms with Crippen molar-refractivity contribution in [3.63, 3.8) is 0 Å². The molecule has 0 bridgehead atoms. The van der Waals surface area contributed by atoms with Gasteiger partial charge in [-0.25, -0.2) is 4.79 Å². The molecule has 1 heterocycles. The summed E-state index contributed by atoms with van der Waals surface area (Å²) in [5, 5.41) is 11.8. The molecule has 0 aromatic heterocycles. The Labute approximate surface area is 138 Å². The number of carbonyl (C=O) groups excluding carboxylic acids is 1. The molecule has 4 nitrogen and oxygen atoms in total. The molecular weight excluding hydrogens is 310 g/mol. The van der Waals surface area contributed by atoms with E-state index in [1.165, 1.54) is 11.8 Å². The summed E-state index contributed by atoms with van der Waals surface area (Å²) >= 11 is 1.50. The predicted molar refractivity (Wildman–Crippen MR) is 89.5 cm³/mol. The van der Waals surface area contributed by atoms with Crippen LogP contribution in [0.2, 0.25) is 0 Å². The van der Waals surface area contributed by atoms with E-state index in [0.29, 0.717) is 6.42 Å². The molecule has 0 saturated heterocycles. The lowest BCUT2D eigenvalue weighted by Crippen LogP contribution is -2.45. The number of fused-ring (bicyclic) bond motifs is 1. The number of benzene rings is 2. The summed E-state index contributed by atoms with van der Waals surface area (Å²) in [6, 6.07) is 16.3. The molecule has 23 heavy (non-hydrogen) atoms. The van der Waals surface area contributed by atoms with Crippen molar-refractivity contribution in [2.75, 3.05) is 0 Å². The first-order chi connectivity index (χ1) is 11.1. The first-order valence-corrected chi connectivity index (χ1v) is 8.33. The number of hydrogen-bond acceptors (Lipinski definition) is 3. The topological polar surface area (TPSA) is 66.4 Å². The molecule has 0 aliphatic carbocycles. The van der Waals surface area contributed by atoms with Crippen LogP contribution in [0.15, 0.2) is 59.5 Å². The van der Waals surface area contributed by atoms with Crippen LogP contribution in [0.3, 0.4) is 0 Å². The summed E-state index contributed by atoms with van der Waals surface area (Å²) in [5.41, 5.74) is 2.04. The Hall–Kier alpha value is -2.27. The molecule has 0 fully saturated rings. The molecule has 0 radical (unpaired) electrons. The van der Waals surface area contributed by atoms with Crippen LogP contribution in [0.1, 0.15) is 11.1 Å². The van der Waals surface area contributed by atoms with E-state index in [1.807, 2.05) is 54.6 Å². The number of amides is 1. The fraction of sp³-hybridized carbons (Fsp3) is 0.222. The molecule has 0 saturated carbocycles. The highest BCUT2D eigenvalue weighted by Gasteiger charge is 2.30. The van der Waals surface area contributed by atoms with Gasteiger partial charge < -0.3 is 10.4 Å². The summed E-state index contributed by atoms with van der Waals surface area (Å²) in [4.78, 5) is 25.0. The highest BCUT2D eigenvalue weighted by molar-refractivity contribution is 8.01. The van der Waals surface area contributed by atoms with E-state index in [2.05, 4.69) is 5.32 Å². The number of thioether (sulfide) groups is 1. The zero-order valence-corrected chi connectivity index (χ0v) is 13.3. The summed E-state index contributed by atoms with van der Waals surface area (Å²) in [7, 11) is 0. The molecule has 1 aliphatic rings. The normalized spacial score (nSPS) is 17.3. The van der Waals surface area contributed by atoms with Gasteiger partial charge in [-0.05, 0) is 23.6 Å². The van der Waals surface area contributed by atoms with E-state index in [-0.39, 0.29) is 17.6 Å². The molecule has 118 valence electrons. The molecule has 3 rings (SSSR count). The number of carboxylic acid groups (broad SMARTS) is 1. The summed E-state index contributed by atoms with van der Waals surface area (Å²) in [6.07, 6.45) is 0.927. The first kappa shape index (κ1) is 15.6. The van der Waals surface area contributed by atoms with Gasteiger partial charge in [0.2, 0.25) is 5.91 Å². The first-order valence-electron chi connectivity index (χ1n) is 7.45. The largest absolute Gasteiger partial charge is 0.480 e. The average molecular weight is 327 g/mol. The van der Waals surface area contributed by atoms with Crippen molar-refractivity contribution in [1.29, 1.82) is 0 Å². The number of nitrogens with one attached hydrogen (secondary N) is 1. The van der Waals surface area contributed by atoms with Gasteiger partial charge in [-0.1, -0.05) is 48.5 Å². The Morgan fingerprint density at radius 2 is 1.83 bits per heavy atom. The predicted octanol–water partition coefficient (Wildman–Crippen LogP) is 2.52. The van der Waals surface area contributed by atoms with Gasteiger partial charge in [-0.15, -0.1) is 11.8 Å². The Bertz CT molecular complexity index is 692. The lowest BCUT2D eigenvalue weighted by atomic mass is 10.1. The van der Waals surface area contributed by atoms with Crippen LogP contribution < -0.4 is 5.32 Å². The Morgan fingerprint density at radius 1 is 1.13 bits per heavy atom. The number of hydrogen-bond donors (Lipinski definition) is 2. The maximum absolute atomic E-state index is 12.4. The van der Waals surface area contributed by atoms with E-state index in [1.54, 1.807) is 0 Å². The minimum absolute atomic E-state index is 0.213. The lowest BCUT2D eigenvalue weighted by Gasteiger charge is -2.17. The number of rotatable bonds is 5. The van der Waals surface area contributed by atoms with Gasteiger partial charge in [0.25, 0.3) is 0 Å². The van der Waals surface area contributed by atoms with Crippen LogP contribution in [0.5, 0.6) is 0 Å². The maximum atomic E-state index is 12.4. The number of carbonyl (C=O) groups is 2. The van der Waals surface area contributed by atoms with Crippen molar-refractivity contribution in [3.8, 4) is 0 Å². The van der Waals surface area contributed by atoms with Gasteiger partial charge in [0.05, 0.1) is 5.25 Å². The SMILES string of the molecule is O=C(N[C@@H](Cc1ccccc1)C(=O)O)C1Cc2ccccc2S1. The fourth-order valence-corrected chi connectivity index (χ4v) is 3.85. The van der Waals surface area contributed by atoms with Gasteiger partial charge in [0.15, 0.2) is 0 Å². The molecule has 2 N–H and O–H groups in total. The molecule has 2 atom stereocenters. The van der Waals surface area contributed by atoms with Crippen molar-refractivity contribution < 1.29 is 14.7 Å². The molecule has 2 aromatic rings. The monoisotopic (exact) mass is 327 g/mol. The fourth-order valence-electron chi connectivity index (χ4n) is 2.64. The second-order valence-electron chi connectivity index (χ2n) is 5.51. The lowest BCUT2D eigenvalue weighted by molar-refractivity contribution is -0.141. The molecule has 1 aliphatic heterocycles. The summed E-state index contributed by atoms with van der Waals surface area (Å²) in [6.45, 7) is 0. The van der Waals surface area contributed by atoms with Crippen LogP contribution in [-0.2, 0) is 22.4 Å². The maximum Gasteiger partial charge on any atom is 0.326 e. The van der Waals surface area contributed by atoms with Crippen molar-refractivity contribution in [2.24, 2.45) is 0 Å². The Kier molecular flexibility index (Phi) is 4.67. The minimum atomic E-state index is -1.01. The average Bonchev–Trinajstić information content (AvgIpc) is 2.99. The Balaban J connectivity index is 1.65. The second kappa shape index (κ2) is 6.87. The number of aliphatic carboxylic acids is 1. The van der Waals surface area contributed by atoms with E-state index in [9.17, 15) is 14.7 Å². The molecular formula is C18H17NO3S. The standard InChI is InChI=1S/C18H17NO3S/c20-17(16-11-13-8-4-5-9-15(13)23-16)19-14(18(21)22)10-12-6-2-1-3-7-12/h1-9,14,16H,10-11H2,(H,19,20)(H,21,22)/t14-,16?/m0/s1. The van der Waals surface area contributed by atoms with Gasteiger partial charge in [0.1, 0.15) is 6.04 Å². The van der Waals surface area contributed by atoms with Crippen LogP contribution in [0, 0.1) is 0 Å². The third-order valence-corrected chi connectivity index (χ3v) is 5.15. The third-order valence-electron chi connectivity index (χ3n) is 3.84. The van der Waals surface area contributed by atoms with Crippen LogP contribution in [-0.4, -0.2) is 28.3 Å². The van der Waals surface area contributed by atoms with Gasteiger partial charge in [-0.2, -0.15) is 0 Å². The molecule has 0 spiro atoms. The highest BCUT2D eigenvalue weighted by Crippen LogP contribution is 2.36. The molecule has 5 heteroatoms. The van der Waals surface area contributed by atoms with Crippen molar-refractivity contribution >= 4 is 23.6 Å². The second-order valence-corrected chi connectivity index (χ2v) is 6.75. The van der Waals surface area contributed by atoms with E-state index in [0.717, 1.165) is 16.0 Å². The number of carboxylic acids is 1. The van der Waals surface area contributed by atoms with Gasteiger partial charge >= 0.3 is 5.97 Å². The van der Waals surface area contributed by atoms with E-state index >= 15 is 0 Å². The summed E-state index contributed by atoms with van der Waals surface area (Å²) < 4.78 is 0. The third kappa shape index (κ3) is 3.74. The zero-order valence-electron chi connectivity index (χ0n) is 12.4. The van der Waals surface area contributed by atoms with Crippen molar-refractivity contribution in [3.05, 3.63) is 65.7 Å². The van der Waals surface area contributed by atoms with E-state index < -0.39 is 12.0 Å². The smallest absolute Gasteiger partial charge is 0.326 e. The van der Waals surface area contributed by atoms with E-state index in [4.69, 9.17) is 0 Å². The van der Waals surface area contributed by atoms with Gasteiger partial charge in [0, 0.05) is 11.3 Å². The molecule has 1 amide bonds. The zero-order chi connectivity index (χ0) is 16.2. The van der Waals surface area contributed by atoms with Crippen molar-refractivity contribution in [2.45, 2.75) is 29.0 Å². The molecule has 1 unspecified atom stereocenters. The highest BCUT2D eigenvalue weighted by atomic mass is 32.2. The van der Waals surface area contributed by atoms with Crippen LogP contribution in [0.4, 0.5) is 0 Å². The molecule has 2 aromatic carbocycles. The summed E-state index contributed by atoms with van der Waals surface area (Å²) in [5.74, 6) is -1.22. The Morgan fingerprint density at radius 3 is 2.52 bits per heavy atom. The van der Waals surface area contributed by atoms with Crippen LogP contribution >= 0.6 is 11.8 Å². The quantitative estimate of drug-likeness (QED) is 0.885.